The maximum Gasteiger partial charge on any atom is 0.258 e. The smallest absolute Gasteiger partial charge is 0.258 e. The van der Waals surface area contributed by atoms with E-state index in [4.69, 9.17) is 11.6 Å². The van der Waals surface area contributed by atoms with Gasteiger partial charge in [0.1, 0.15) is 0 Å². The second kappa shape index (κ2) is 8.40. The summed E-state index contributed by atoms with van der Waals surface area (Å²) in [5.41, 5.74) is 2.26. The molecule has 0 unspecified atom stereocenters. The predicted molar refractivity (Wildman–Crippen MR) is 103 cm³/mol. The third kappa shape index (κ3) is 4.77. The van der Waals surface area contributed by atoms with E-state index in [1.165, 1.54) is 18.0 Å². The molecule has 0 aliphatic heterocycles. The maximum absolute atomic E-state index is 12.2. The molecule has 0 atom stereocenters. The Hall–Kier alpha value is -2.99. The molecule has 3 rings (SSSR count). The molecule has 0 fully saturated rings. The van der Waals surface area contributed by atoms with Crippen LogP contribution in [0.15, 0.2) is 61.2 Å². The lowest BCUT2D eigenvalue weighted by molar-refractivity contribution is 0.102. The number of pyridine rings is 1. The molecule has 1 amide bonds. The summed E-state index contributed by atoms with van der Waals surface area (Å²) in [5, 5.41) is 3.40. The fourth-order valence-corrected chi connectivity index (χ4v) is 2.44. The number of nitrogens with zero attached hydrogens (tertiary/aromatic N) is 4. The van der Waals surface area contributed by atoms with Gasteiger partial charge in [-0.1, -0.05) is 11.6 Å². The van der Waals surface area contributed by atoms with Crippen LogP contribution in [0, 0.1) is 0 Å². The van der Waals surface area contributed by atoms with E-state index in [1.807, 2.05) is 24.1 Å². The zero-order valence-electron chi connectivity index (χ0n) is 14.3. The highest BCUT2D eigenvalue weighted by molar-refractivity contribution is 6.30. The van der Waals surface area contributed by atoms with Gasteiger partial charge in [0.05, 0.1) is 5.56 Å². The fourth-order valence-electron chi connectivity index (χ4n) is 2.32. The number of rotatable bonds is 6. The average Bonchev–Trinajstić information content (AvgIpc) is 2.69. The lowest BCUT2D eigenvalue weighted by Crippen LogP contribution is -2.23. The Kier molecular flexibility index (Phi) is 5.76. The summed E-state index contributed by atoms with van der Waals surface area (Å²) in [6.45, 7) is 0.764. The van der Waals surface area contributed by atoms with Crippen molar-refractivity contribution in [3.8, 4) is 0 Å². The lowest BCUT2D eigenvalue weighted by atomic mass is 10.2. The zero-order valence-corrected chi connectivity index (χ0v) is 15.0. The van der Waals surface area contributed by atoms with E-state index in [0.29, 0.717) is 22.2 Å². The van der Waals surface area contributed by atoms with Crippen LogP contribution in [0.4, 0.5) is 11.6 Å². The number of carbonyl (C=O) groups is 1. The largest absolute Gasteiger partial charge is 0.344 e. The topological polar surface area (TPSA) is 71.0 Å². The first-order chi connectivity index (χ1) is 12.6. The Labute approximate surface area is 156 Å². The highest BCUT2D eigenvalue weighted by Crippen LogP contribution is 2.14. The van der Waals surface area contributed by atoms with Crippen molar-refractivity contribution in [1.29, 1.82) is 0 Å². The molecule has 0 spiro atoms. The monoisotopic (exact) mass is 367 g/mol. The van der Waals surface area contributed by atoms with Crippen LogP contribution in [0.3, 0.4) is 0 Å². The van der Waals surface area contributed by atoms with Crippen molar-refractivity contribution in [2.24, 2.45) is 0 Å². The summed E-state index contributed by atoms with van der Waals surface area (Å²) in [6, 6.07) is 10.9. The van der Waals surface area contributed by atoms with Gasteiger partial charge in [0.2, 0.25) is 5.95 Å². The molecule has 1 aromatic carbocycles. The van der Waals surface area contributed by atoms with Gasteiger partial charge < -0.3 is 10.2 Å². The Morgan fingerprint density at radius 2 is 1.73 bits per heavy atom. The van der Waals surface area contributed by atoms with Crippen molar-refractivity contribution in [1.82, 2.24) is 15.0 Å². The number of likely N-dealkylation sites (N-methyl/N-ethyl adjacent to an activating group) is 1. The first-order valence-electron chi connectivity index (χ1n) is 8.11. The number of carbonyl (C=O) groups excluding carboxylic acids is 1. The van der Waals surface area contributed by atoms with E-state index in [9.17, 15) is 4.79 Å². The Balaban J connectivity index is 1.58. The first-order valence-corrected chi connectivity index (χ1v) is 8.48. The molecule has 1 N–H and O–H groups in total. The lowest BCUT2D eigenvalue weighted by Gasteiger charge is -2.16. The summed E-state index contributed by atoms with van der Waals surface area (Å²) < 4.78 is 0. The molecule has 0 saturated heterocycles. The summed E-state index contributed by atoms with van der Waals surface area (Å²) in [5.74, 6) is 0.306. The summed E-state index contributed by atoms with van der Waals surface area (Å²) >= 11 is 5.84. The van der Waals surface area contributed by atoms with Gasteiger partial charge in [0, 0.05) is 49.1 Å². The molecule has 7 heteroatoms. The van der Waals surface area contributed by atoms with E-state index in [2.05, 4.69) is 20.3 Å². The van der Waals surface area contributed by atoms with Crippen molar-refractivity contribution in [2.45, 2.75) is 6.42 Å². The summed E-state index contributed by atoms with van der Waals surface area (Å²) in [4.78, 5) is 26.8. The maximum atomic E-state index is 12.2. The average molecular weight is 368 g/mol. The number of hydrogen-bond donors (Lipinski definition) is 1. The van der Waals surface area contributed by atoms with Gasteiger partial charge in [-0.05, 0) is 48.4 Å². The zero-order chi connectivity index (χ0) is 18.4. The van der Waals surface area contributed by atoms with Crippen LogP contribution < -0.4 is 10.2 Å². The van der Waals surface area contributed by atoms with Crippen LogP contribution in [-0.2, 0) is 6.42 Å². The van der Waals surface area contributed by atoms with Gasteiger partial charge in [-0.15, -0.1) is 0 Å². The van der Waals surface area contributed by atoms with Crippen molar-refractivity contribution < 1.29 is 4.79 Å². The van der Waals surface area contributed by atoms with Crippen molar-refractivity contribution in [3.63, 3.8) is 0 Å². The van der Waals surface area contributed by atoms with Gasteiger partial charge in [0.25, 0.3) is 5.91 Å². The van der Waals surface area contributed by atoms with Gasteiger partial charge in [-0.3, -0.25) is 9.78 Å². The van der Waals surface area contributed by atoms with Gasteiger partial charge in [-0.25, -0.2) is 9.97 Å². The van der Waals surface area contributed by atoms with Crippen LogP contribution in [0.25, 0.3) is 0 Å². The molecule has 0 saturated carbocycles. The number of anilines is 2. The quantitative estimate of drug-likeness (QED) is 0.722. The highest BCUT2D eigenvalue weighted by Gasteiger charge is 2.10. The van der Waals surface area contributed by atoms with E-state index in [-0.39, 0.29) is 5.91 Å². The van der Waals surface area contributed by atoms with Crippen LogP contribution in [0.2, 0.25) is 5.02 Å². The minimum Gasteiger partial charge on any atom is -0.344 e. The molecule has 0 aliphatic carbocycles. The van der Waals surface area contributed by atoms with Crippen molar-refractivity contribution in [3.05, 3.63) is 77.3 Å². The molecular formula is C19H18ClN5O. The van der Waals surface area contributed by atoms with E-state index in [0.717, 1.165) is 13.0 Å². The molecule has 3 aromatic rings. The number of hydrogen-bond acceptors (Lipinski definition) is 5. The molecule has 2 aromatic heterocycles. The van der Waals surface area contributed by atoms with Gasteiger partial charge in [-0.2, -0.15) is 0 Å². The number of amides is 1. The molecule has 0 bridgehead atoms. The van der Waals surface area contributed by atoms with Gasteiger partial charge >= 0.3 is 0 Å². The number of halogens is 1. The molecule has 6 nitrogen and oxygen atoms in total. The Morgan fingerprint density at radius 3 is 2.38 bits per heavy atom. The van der Waals surface area contributed by atoms with E-state index in [1.54, 1.807) is 36.7 Å². The third-order valence-electron chi connectivity index (χ3n) is 3.83. The standard InChI is InChI=1S/C19H18ClN5O/c1-25(11-8-14-6-9-21-10-7-14)19-22-12-15(13-23-19)18(26)24-17-4-2-16(20)3-5-17/h2-7,9-10,12-13H,8,11H2,1H3,(H,24,26). The second-order valence-corrected chi connectivity index (χ2v) is 6.20. The predicted octanol–water partition coefficient (Wildman–Crippen LogP) is 3.46. The van der Waals surface area contributed by atoms with Crippen molar-refractivity contribution in [2.75, 3.05) is 23.8 Å². The summed E-state index contributed by atoms with van der Waals surface area (Å²) in [7, 11) is 1.92. The van der Waals surface area contributed by atoms with Crippen LogP contribution in [0.5, 0.6) is 0 Å². The first kappa shape index (κ1) is 17.8. The fraction of sp³-hybridized carbons (Fsp3) is 0.158. The highest BCUT2D eigenvalue weighted by atomic mass is 35.5. The summed E-state index contributed by atoms with van der Waals surface area (Å²) in [6.07, 6.45) is 7.47. The van der Waals surface area contributed by atoms with E-state index >= 15 is 0 Å². The third-order valence-corrected chi connectivity index (χ3v) is 4.08. The van der Waals surface area contributed by atoms with Crippen LogP contribution >= 0.6 is 11.6 Å². The second-order valence-electron chi connectivity index (χ2n) is 5.76. The molecule has 0 aliphatic rings. The Bertz CT molecular complexity index is 853. The van der Waals surface area contributed by atoms with Crippen LogP contribution in [0.1, 0.15) is 15.9 Å². The molecular weight excluding hydrogens is 350 g/mol. The molecule has 0 radical (unpaired) electrons. The van der Waals surface area contributed by atoms with Gasteiger partial charge in [0.15, 0.2) is 0 Å². The number of nitrogens with one attached hydrogen (secondary N) is 1. The normalized spacial score (nSPS) is 10.4. The van der Waals surface area contributed by atoms with Crippen LogP contribution in [-0.4, -0.2) is 34.5 Å². The number of aromatic nitrogens is 3. The number of benzene rings is 1. The minimum absolute atomic E-state index is 0.265. The SMILES string of the molecule is CN(CCc1ccncc1)c1ncc(C(=O)Nc2ccc(Cl)cc2)cn1. The molecule has 2 heterocycles. The molecule has 132 valence electrons. The molecule has 26 heavy (non-hydrogen) atoms. The van der Waals surface area contributed by atoms with Crippen molar-refractivity contribution >= 4 is 29.1 Å². The Morgan fingerprint density at radius 1 is 1.08 bits per heavy atom. The minimum atomic E-state index is -0.265. The van der Waals surface area contributed by atoms with E-state index < -0.39 is 0 Å².